The molecule has 0 fully saturated rings. The first-order chi connectivity index (χ1) is 7.75. The molecule has 0 atom stereocenters. The molecule has 0 saturated heterocycles. The number of rotatable bonds is 4. The topological polar surface area (TPSA) is 24.9 Å². The van der Waals surface area contributed by atoms with E-state index in [1.54, 1.807) is 17.4 Å². The van der Waals surface area contributed by atoms with Crippen LogP contribution >= 0.6 is 11.3 Å². The van der Waals surface area contributed by atoms with Gasteiger partial charge in [-0.2, -0.15) is 0 Å². The molecule has 0 amide bonds. The molecule has 0 aliphatic rings. The molecule has 0 aliphatic carbocycles. The molecule has 0 aliphatic heterocycles. The van der Waals surface area contributed by atoms with Crippen LogP contribution in [-0.2, 0) is 13.1 Å². The summed E-state index contributed by atoms with van der Waals surface area (Å²) in [5.41, 5.74) is 3.93. The lowest BCUT2D eigenvalue weighted by Gasteiger charge is -2.06. The van der Waals surface area contributed by atoms with E-state index in [0.29, 0.717) is 0 Å². The summed E-state index contributed by atoms with van der Waals surface area (Å²) < 4.78 is 12.9. The maximum Gasteiger partial charge on any atom is 0.123 e. The number of aryl methyl sites for hydroxylation is 1. The third kappa shape index (κ3) is 2.87. The van der Waals surface area contributed by atoms with Crippen LogP contribution in [0, 0.1) is 12.7 Å². The Balaban J connectivity index is 1.90. The van der Waals surface area contributed by atoms with Crippen molar-refractivity contribution in [2.75, 3.05) is 0 Å². The molecule has 16 heavy (non-hydrogen) atoms. The van der Waals surface area contributed by atoms with E-state index in [4.69, 9.17) is 0 Å². The largest absolute Gasteiger partial charge is 0.308 e. The van der Waals surface area contributed by atoms with Gasteiger partial charge < -0.3 is 5.32 Å². The summed E-state index contributed by atoms with van der Waals surface area (Å²) in [6.45, 7) is 3.48. The van der Waals surface area contributed by atoms with Crippen molar-refractivity contribution in [1.29, 1.82) is 0 Å². The van der Waals surface area contributed by atoms with Crippen molar-refractivity contribution < 1.29 is 4.39 Å². The minimum absolute atomic E-state index is 0.177. The normalized spacial score (nSPS) is 10.6. The Morgan fingerprint density at radius 2 is 2.25 bits per heavy atom. The van der Waals surface area contributed by atoms with Crippen molar-refractivity contribution in [2.24, 2.45) is 0 Å². The van der Waals surface area contributed by atoms with Gasteiger partial charge >= 0.3 is 0 Å². The molecule has 1 aromatic heterocycles. The molecule has 0 spiro atoms. The minimum Gasteiger partial charge on any atom is -0.308 e. The Morgan fingerprint density at radius 3 is 2.94 bits per heavy atom. The van der Waals surface area contributed by atoms with Crippen LogP contribution in [0.1, 0.15) is 16.0 Å². The first kappa shape index (κ1) is 11.2. The first-order valence-corrected chi connectivity index (χ1v) is 5.97. The van der Waals surface area contributed by atoms with Crippen molar-refractivity contribution >= 4 is 11.3 Å². The molecule has 0 unspecified atom stereocenters. The highest BCUT2D eigenvalue weighted by molar-refractivity contribution is 7.09. The summed E-state index contributed by atoms with van der Waals surface area (Å²) in [6, 6.07) is 4.88. The second-order valence-electron chi connectivity index (χ2n) is 3.64. The van der Waals surface area contributed by atoms with Gasteiger partial charge in [-0.25, -0.2) is 4.39 Å². The van der Waals surface area contributed by atoms with Gasteiger partial charge in [0.15, 0.2) is 0 Å². The second kappa shape index (κ2) is 5.18. The van der Waals surface area contributed by atoms with E-state index in [1.807, 2.05) is 24.7 Å². The predicted molar refractivity (Wildman–Crippen MR) is 63.8 cm³/mol. The Kier molecular flexibility index (Phi) is 3.64. The van der Waals surface area contributed by atoms with Crippen LogP contribution in [-0.4, -0.2) is 4.98 Å². The standard InChI is InChI=1S/C12H13FN2S/c1-9-4-11(13)3-2-10(9)5-14-6-12-7-15-8-16-12/h2-4,7-8,14H,5-6H2,1H3. The highest BCUT2D eigenvalue weighted by atomic mass is 32.1. The lowest BCUT2D eigenvalue weighted by molar-refractivity contribution is 0.623. The molecule has 84 valence electrons. The molecule has 2 rings (SSSR count). The van der Waals surface area contributed by atoms with Gasteiger partial charge in [0.05, 0.1) is 5.51 Å². The molecular weight excluding hydrogens is 223 g/mol. The summed E-state index contributed by atoms with van der Waals surface area (Å²) in [6.07, 6.45) is 1.86. The van der Waals surface area contributed by atoms with E-state index >= 15 is 0 Å². The maximum atomic E-state index is 12.9. The van der Waals surface area contributed by atoms with Crippen molar-refractivity contribution in [1.82, 2.24) is 10.3 Å². The van der Waals surface area contributed by atoms with E-state index < -0.39 is 0 Å². The van der Waals surface area contributed by atoms with Crippen molar-refractivity contribution in [3.63, 3.8) is 0 Å². The van der Waals surface area contributed by atoms with Crippen LogP contribution < -0.4 is 5.32 Å². The molecule has 2 nitrogen and oxygen atoms in total. The van der Waals surface area contributed by atoms with E-state index in [1.165, 1.54) is 10.9 Å². The summed E-state index contributed by atoms with van der Waals surface area (Å²) in [5, 5.41) is 3.31. The van der Waals surface area contributed by atoms with Crippen LogP contribution in [0.2, 0.25) is 0 Å². The minimum atomic E-state index is -0.177. The third-order valence-corrected chi connectivity index (χ3v) is 3.18. The number of benzene rings is 1. The maximum absolute atomic E-state index is 12.9. The summed E-state index contributed by atoms with van der Waals surface area (Å²) >= 11 is 1.63. The Hall–Kier alpha value is -1.26. The Bertz CT molecular complexity index is 454. The molecular formula is C12H13FN2S. The molecule has 0 bridgehead atoms. The van der Waals surface area contributed by atoms with Gasteiger partial charge in [-0.1, -0.05) is 6.07 Å². The average Bonchev–Trinajstić information content (AvgIpc) is 2.74. The molecule has 0 radical (unpaired) electrons. The quantitative estimate of drug-likeness (QED) is 0.883. The van der Waals surface area contributed by atoms with E-state index in [0.717, 1.165) is 24.2 Å². The van der Waals surface area contributed by atoms with Crippen molar-refractivity contribution in [3.05, 3.63) is 51.7 Å². The monoisotopic (exact) mass is 236 g/mol. The van der Waals surface area contributed by atoms with Gasteiger partial charge in [-0.05, 0) is 30.2 Å². The lowest BCUT2D eigenvalue weighted by Crippen LogP contribution is -2.12. The van der Waals surface area contributed by atoms with Crippen LogP contribution in [0.4, 0.5) is 4.39 Å². The summed E-state index contributed by atoms with van der Waals surface area (Å²) in [5.74, 6) is -0.177. The van der Waals surface area contributed by atoms with Crippen molar-refractivity contribution in [3.8, 4) is 0 Å². The average molecular weight is 236 g/mol. The number of halogens is 1. The number of hydrogen-bond donors (Lipinski definition) is 1. The summed E-state index contributed by atoms with van der Waals surface area (Å²) in [4.78, 5) is 5.21. The van der Waals surface area contributed by atoms with Crippen molar-refractivity contribution in [2.45, 2.75) is 20.0 Å². The van der Waals surface area contributed by atoms with Gasteiger partial charge in [0.2, 0.25) is 0 Å². The Morgan fingerprint density at radius 1 is 1.38 bits per heavy atom. The molecule has 2 aromatic rings. The fraction of sp³-hybridized carbons (Fsp3) is 0.250. The van der Waals surface area contributed by atoms with E-state index in [9.17, 15) is 4.39 Å². The van der Waals surface area contributed by atoms with Gasteiger partial charge in [-0.3, -0.25) is 4.98 Å². The van der Waals surface area contributed by atoms with Gasteiger partial charge in [0.25, 0.3) is 0 Å². The number of nitrogens with zero attached hydrogens (tertiary/aromatic N) is 1. The number of thiazole rings is 1. The number of aromatic nitrogens is 1. The van der Waals surface area contributed by atoms with Gasteiger partial charge in [-0.15, -0.1) is 11.3 Å². The van der Waals surface area contributed by atoms with Crippen LogP contribution in [0.5, 0.6) is 0 Å². The fourth-order valence-corrected chi connectivity index (χ4v) is 2.07. The highest BCUT2D eigenvalue weighted by Gasteiger charge is 2.00. The summed E-state index contributed by atoms with van der Waals surface area (Å²) in [7, 11) is 0. The first-order valence-electron chi connectivity index (χ1n) is 5.09. The number of hydrogen-bond acceptors (Lipinski definition) is 3. The highest BCUT2D eigenvalue weighted by Crippen LogP contribution is 2.10. The zero-order valence-electron chi connectivity index (χ0n) is 9.03. The molecule has 1 heterocycles. The SMILES string of the molecule is Cc1cc(F)ccc1CNCc1cncs1. The molecule has 1 aromatic carbocycles. The molecule has 1 N–H and O–H groups in total. The third-order valence-electron chi connectivity index (χ3n) is 2.40. The fourth-order valence-electron chi connectivity index (χ4n) is 1.51. The van der Waals surface area contributed by atoms with Crippen LogP contribution in [0.3, 0.4) is 0 Å². The van der Waals surface area contributed by atoms with Gasteiger partial charge in [0.1, 0.15) is 5.82 Å². The predicted octanol–water partition coefficient (Wildman–Crippen LogP) is 2.88. The molecule has 4 heteroatoms. The number of nitrogens with one attached hydrogen (secondary N) is 1. The van der Waals surface area contributed by atoms with Crippen LogP contribution in [0.25, 0.3) is 0 Å². The van der Waals surface area contributed by atoms with Crippen LogP contribution in [0.15, 0.2) is 29.9 Å². The van der Waals surface area contributed by atoms with E-state index in [2.05, 4.69) is 10.3 Å². The second-order valence-corrected chi connectivity index (χ2v) is 4.61. The zero-order valence-corrected chi connectivity index (χ0v) is 9.85. The Labute approximate surface area is 98.2 Å². The lowest BCUT2D eigenvalue weighted by atomic mass is 10.1. The smallest absolute Gasteiger partial charge is 0.123 e. The van der Waals surface area contributed by atoms with E-state index in [-0.39, 0.29) is 5.82 Å². The van der Waals surface area contributed by atoms with Gasteiger partial charge in [0, 0.05) is 24.2 Å². The zero-order chi connectivity index (χ0) is 11.4. The molecule has 0 saturated carbocycles.